The van der Waals surface area contributed by atoms with Gasteiger partial charge in [-0.15, -0.1) is 0 Å². The number of nitrogens with two attached hydrogens (primary N) is 1. The standard InChI is InChI=1S/C10H11Cl2FN2O3/c1-3-17-10(16)4(2)18-9-6(12)7(14)5(11)8(13)15-9/h4H,3H2,1-2H3,(H2,14,15). The van der Waals surface area contributed by atoms with Crippen LogP contribution in [-0.2, 0) is 9.53 Å². The predicted octanol–water partition coefficient (Wildman–Crippen LogP) is 2.44. The lowest BCUT2D eigenvalue weighted by atomic mass is 10.4. The molecule has 0 aliphatic carbocycles. The molecule has 1 unspecified atom stereocenters. The van der Waals surface area contributed by atoms with Crippen molar-refractivity contribution in [1.82, 2.24) is 4.98 Å². The Labute approximate surface area is 113 Å². The normalized spacial score (nSPS) is 12.1. The second kappa shape index (κ2) is 6.06. The molecule has 1 heterocycles. The van der Waals surface area contributed by atoms with E-state index in [1.165, 1.54) is 6.92 Å². The quantitative estimate of drug-likeness (QED) is 0.682. The zero-order chi connectivity index (χ0) is 13.9. The van der Waals surface area contributed by atoms with E-state index in [1.54, 1.807) is 6.92 Å². The van der Waals surface area contributed by atoms with Gasteiger partial charge < -0.3 is 15.2 Å². The average Bonchev–Trinajstić information content (AvgIpc) is 2.33. The van der Waals surface area contributed by atoms with Crippen molar-refractivity contribution in [3.8, 4) is 5.88 Å². The maximum absolute atomic E-state index is 13.2. The first kappa shape index (κ1) is 14.8. The molecule has 1 atom stereocenters. The van der Waals surface area contributed by atoms with Crippen LogP contribution in [-0.4, -0.2) is 23.7 Å². The summed E-state index contributed by atoms with van der Waals surface area (Å²) < 4.78 is 23.0. The first-order valence-corrected chi connectivity index (χ1v) is 5.77. The van der Waals surface area contributed by atoms with E-state index in [1.807, 2.05) is 0 Å². The zero-order valence-corrected chi connectivity index (χ0v) is 11.2. The number of anilines is 1. The van der Waals surface area contributed by atoms with Crippen molar-refractivity contribution < 1.29 is 18.7 Å². The summed E-state index contributed by atoms with van der Waals surface area (Å²) in [5.41, 5.74) is 5.26. The Balaban J connectivity index is 2.95. The fraction of sp³-hybridized carbons (Fsp3) is 0.400. The average molecular weight is 297 g/mol. The first-order valence-electron chi connectivity index (χ1n) is 5.01. The molecule has 1 aromatic heterocycles. The molecule has 0 bridgehead atoms. The van der Waals surface area contributed by atoms with Crippen LogP contribution in [0.1, 0.15) is 13.8 Å². The number of aromatic nitrogens is 1. The first-order chi connectivity index (χ1) is 8.38. The molecule has 8 heteroatoms. The highest BCUT2D eigenvalue weighted by Crippen LogP contribution is 2.35. The Morgan fingerprint density at radius 2 is 2.11 bits per heavy atom. The van der Waals surface area contributed by atoms with Gasteiger partial charge in [-0.25, -0.2) is 4.79 Å². The van der Waals surface area contributed by atoms with E-state index in [-0.39, 0.29) is 23.2 Å². The minimum absolute atomic E-state index is 0.155. The summed E-state index contributed by atoms with van der Waals surface area (Å²) in [4.78, 5) is 14.7. The summed E-state index contributed by atoms with van der Waals surface area (Å²) in [6.45, 7) is 3.26. The van der Waals surface area contributed by atoms with Gasteiger partial charge >= 0.3 is 5.97 Å². The number of ether oxygens (including phenoxy) is 2. The van der Waals surface area contributed by atoms with Crippen LogP contribution >= 0.6 is 23.2 Å². The van der Waals surface area contributed by atoms with E-state index >= 15 is 0 Å². The van der Waals surface area contributed by atoms with Crippen LogP contribution in [0, 0.1) is 5.95 Å². The molecule has 0 saturated heterocycles. The molecule has 2 N–H and O–H groups in total. The zero-order valence-electron chi connectivity index (χ0n) is 9.67. The number of carbonyl (C=O) groups is 1. The lowest BCUT2D eigenvalue weighted by Gasteiger charge is -2.14. The third-order valence-electron chi connectivity index (χ3n) is 1.95. The van der Waals surface area contributed by atoms with E-state index in [0.29, 0.717) is 0 Å². The molecule has 0 radical (unpaired) electrons. The van der Waals surface area contributed by atoms with E-state index < -0.39 is 23.0 Å². The molecule has 100 valence electrons. The highest BCUT2D eigenvalue weighted by Gasteiger charge is 2.22. The van der Waals surface area contributed by atoms with Gasteiger partial charge in [-0.2, -0.15) is 9.37 Å². The second-order valence-electron chi connectivity index (χ2n) is 3.26. The van der Waals surface area contributed by atoms with Crippen LogP contribution in [0.4, 0.5) is 10.1 Å². The number of carbonyl (C=O) groups excluding carboxylic acids is 1. The van der Waals surface area contributed by atoms with Crippen LogP contribution in [0.3, 0.4) is 0 Å². The van der Waals surface area contributed by atoms with Crippen molar-refractivity contribution in [2.45, 2.75) is 20.0 Å². The third kappa shape index (κ3) is 3.14. The fourth-order valence-electron chi connectivity index (χ4n) is 1.06. The molecule has 18 heavy (non-hydrogen) atoms. The summed E-state index contributed by atoms with van der Waals surface area (Å²) in [5.74, 6) is -1.95. The third-order valence-corrected chi connectivity index (χ3v) is 2.67. The van der Waals surface area contributed by atoms with Crippen molar-refractivity contribution in [3.05, 3.63) is 16.0 Å². The number of nitrogens with zero attached hydrogens (tertiary/aromatic N) is 1. The lowest BCUT2D eigenvalue weighted by Crippen LogP contribution is -2.26. The van der Waals surface area contributed by atoms with Crippen LogP contribution in [0.25, 0.3) is 0 Å². The van der Waals surface area contributed by atoms with Gasteiger partial charge in [0.05, 0.1) is 12.3 Å². The molecule has 0 saturated carbocycles. The molecule has 0 fully saturated rings. The number of hydrogen-bond donors (Lipinski definition) is 1. The highest BCUT2D eigenvalue weighted by atomic mass is 35.5. The summed E-state index contributed by atoms with van der Waals surface area (Å²) in [6.07, 6.45) is -0.991. The Morgan fingerprint density at radius 3 is 2.67 bits per heavy atom. The molecule has 0 amide bonds. The second-order valence-corrected chi connectivity index (χ2v) is 4.02. The Bertz CT molecular complexity index is 471. The summed E-state index contributed by atoms with van der Waals surface area (Å²) in [6, 6.07) is 0. The van der Waals surface area contributed by atoms with Crippen LogP contribution in [0.2, 0.25) is 10.0 Å². The maximum atomic E-state index is 13.2. The molecule has 1 rings (SSSR count). The van der Waals surface area contributed by atoms with Crippen molar-refractivity contribution in [2.75, 3.05) is 12.3 Å². The van der Waals surface area contributed by atoms with Gasteiger partial charge in [0.1, 0.15) is 10.0 Å². The van der Waals surface area contributed by atoms with E-state index in [4.69, 9.17) is 38.4 Å². The number of pyridine rings is 1. The Kier molecular flexibility index (Phi) is 4.98. The molecule has 5 nitrogen and oxygen atoms in total. The largest absolute Gasteiger partial charge is 0.463 e. The Hall–Kier alpha value is -1.27. The number of esters is 1. The topological polar surface area (TPSA) is 74.4 Å². The monoisotopic (exact) mass is 296 g/mol. The van der Waals surface area contributed by atoms with Gasteiger partial charge in [0.25, 0.3) is 0 Å². The van der Waals surface area contributed by atoms with Crippen molar-refractivity contribution >= 4 is 34.9 Å². The summed E-state index contributed by atoms with van der Waals surface area (Å²) in [7, 11) is 0. The maximum Gasteiger partial charge on any atom is 0.347 e. The van der Waals surface area contributed by atoms with Crippen molar-refractivity contribution in [2.24, 2.45) is 0 Å². The number of rotatable bonds is 4. The SMILES string of the molecule is CCOC(=O)C(C)Oc1nc(F)c(Cl)c(N)c1Cl. The van der Waals surface area contributed by atoms with Crippen LogP contribution in [0.5, 0.6) is 5.88 Å². The van der Waals surface area contributed by atoms with E-state index in [9.17, 15) is 9.18 Å². The smallest absolute Gasteiger partial charge is 0.347 e. The van der Waals surface area contributed by atoms with Crippen molar-refractivity contribution in [3.63, 3.8) is 0 Å². The molecule has 1 aromatic rings. The van der Waals surface area contributed by atoms with Crippen LogP contribution < -0.4 is 10.5 Å². The fourth-order valence-corrected chi connectivity index (χ4v) is 1.43. The molecule has 0 aliphatic rings. The van der Waals surface area contributed by atoms with Crippen molar-refractivity contribution in [1.29, 1.82) is 0 Å². The van der Waals surface area contributed by atoms with Gasteiger partial charge in [-0.05, 0) is 13.8 Å². The van der Waals surface area contributed by atoms with Gasteiger partial charge in [0, 0.05) is 0 Å². The molecule has 0 aromatic carbocycles. The number of halogens is 3. The molecule has 0 spiro atoms. The minimum Gasteiger partial charge on any atom is -0.463 e. The Morgan fingerprint density at radius 1 is 1.50 bits per heavy atom. The van der Waals surface area contributed by atoms with E-state index in [0.717, 1.165) is 0 Å². The summed E-state index contributed by atoms with van der Waals surface area (Å²) in [5, 5.41) is -0.548. The summed E-state index contributed by atoms with van der Waals surface area (Å²) >= 11 is 11.3. The minimum atomic E-state index is -1.02. The van der Waals surface area contributed by atoms with Gasteiger partial charge in [0.15, 0.2) is 6.10 Å². The van der Waals surface area contributed by atoms with Gasteiger partial charge in [-0.3, -0.25) is 0 Å². The molecular formula is C10H11Cl2FN2O3. The lowest BCUT2D eigenvalue weighted by molar-refractivity contribution is -0.150. The molecular weight excluding hydrogens is 286 g/mol. The molecule has 0 aliphatic heterocycles. The highest BCUT2D eigenvalue weighted by molar-refractivity contribution is 6.39. The van der Waals surface area contributed by atoms with Crippen LogP contribution in [0.15, 0.2) is 0 Å². The predicted molar refractivity (Wildman–Crippen MR) is 65.4 cm³/mol. The number of nitrogen functional groups attached to an aromatic ring is 1. The van der Waals surface area contributed by atoms with Gasteiger partial charge in [-0.1, -0.05) is 23.2 Å². The van der Waals surface area contributed by atoms with E-state index in [2.05, 4.69) is 4.98 Å². The van der Waals surface area contributed by atoms with Gasteiger partial charge in [0.2, 0.25) is 11.8 Å². The number of hydrogen-bond acceptors (Lipinski definition) is 5.